The predicted molar refractivity (Wildman–Crippen MR) is 73.8 cm³/mol. The molecular formula is C11H10BrNO2S2. The van der Waals surface area contributed by atoms with E-state index in [1.54, 1.807) is 18.3 Å². The first-order valence-electron chi connectivity index (χ1n) is 5.00. The van der Waals surface area contributed by atoms with Crippen molar-refractivity contribution in [3.05, 3.63) is 26.5 Å². The summed E-state index contributed by atoms with van der Waals surface area (Å²) in [5.41, 5.74) is 0.730. The number of carbonyl (C=O) groups is 1. The number of esters is 1. The van der Waals surface area contributed by atoms with Crippen molar-refractivity contribution in [1.82, 2.24) is 4.98 Å². The van der Waals surface area contributed by atoms with E-state index in [4.69, 9.17) is 4.74 Å². The van der Waals surface area contributed by atoms with Gasteiger partial charge in [0.15, 0.2) is 0 Å². The van der Waals surface area contributed by atoms with E-state index in [9.17, 15) is 4.79 Å². The van der Waals surface area contributed by atoms with Gasteiger partial charge >= 0.3 is 5.97 Å². The summed E-state index contributed by atoms with van der Waals surface area (Å²) >= 11 is 6.38. The molecule has 0 saturated carbocycles. The maximum atomic E-state index is 11.7. The van der Waals surface area contributed by atoms with Gasteiger partial charge in [-0.1, -0.05) is 0 Å². The molecule has 3 nitrogen and oxygen atoms in total. The van der Waals surface area contributed by atoms with Gasteiger partial charge in [-0.2, -0.15) is 0 Å². The normalized spacial score (nSPS) is 10.5. The summed E-state index contributed by atoms with van der Waals surface area (Å²) in [5.74, 6) is -0.288. The van der Waals surface area contributed by atoms with E-state index in [0.29, 0.717) is 11.5 Å². The van der Waals surface area contributed by atoms with Crippen molar-refractivity contribution in [3.8, 4) is 9.88 Å². The zero-order valence-electron chi connectivity index (χ0n) is 9.32. The fourth-order valence-corrected chi connectivity index (χ4v) is 3.76. The maximum absolute atomic E-state index is 11.7. The third-order valence-electron chi connectivity index (χ3n) is 2.04. The van der Waals surface area contributed by atoms with E-state index in [0.717, 1.165) is 20.1 Å². The summed E-state index contributed by atoms with van der Waals surface area (Å²) in [6.07, 6.45) is 0. The lowest BCUT2D eigenvalue weighted by Crippen LogP contribution is -2.03. The van der Waals surface area contributed by atoms with Crippen molar-refractivity contribution < 1.29 is 9.53 Å². The van der Waals surface area contributed by atoms with E-state index >= 15 is 0 Å². The SMILES string of the molecule is CCOC(=O)c1sc(-c2cc(Br)cs2)nc1C. The Bertz CT molecular complexity index is 547. The topological polar surface area (TPSA) is 39.2 Å². The van der Waals surface area contributed by atoms with Crippen molar-refractivity contribution in [2.24, 2.45) is 0 Å². The summed E-state index contributed by atoms with van der Waals surface area (Å²) in [5, 5.41) is 2.86. The molecule has 0 bridgehead atoms. The molecule has 0 aliphatic heterocycles. The van der Waals surface area contributed by atoms with Gasteiger partial charge in [-0.05, 0) is 35.8 Å². The minimum Gasteiger partial charge on any atom is -0.462 e. The van der Waals surface area contributed by atoms with Crippen LogP contribution in [0.3, 0.4) is 0 Å². The van der Waals surface area contributed by atoms with Crippen LogP contribution < -0.4 is 0 Å². The van der Waals surface area contributed by atoms with Crippen LogP contribution in [0.1, 0.15) is 22.3 Å². The summed E-state index contributed by atoms with van der Waals surface area (Å²) in [6, 6.07) is 2.00. The van der Waals surface area contributed by atoms with Crippen LogP contribution in [0, 0.1) is 6.92 Å². The van der Waals surface area contributed by atoms with Crippen LogP contribution in [0.5, 0.6) is 0 Å². The Labute approximate surface area is 116 Å². The van der Waals surface area contributed by atoms with Crippen molar-refractivity contribution >= 4 is 44.6 Å². The van der Waals surface area contributed by atoms with Crippen LogP contribution in [0.25, 0.3) is 9.88 Å². The maximum Gasteiger partial charge on any atom is 0.350 e. The first kappa shape index (κ1) is 12.7. The highest BCUT2D eigenvalue weighted by atomic mass is 79.9. The monoisotopic (exact) mass is 331 g/mol. The molecule has 0 spiro atoms. The Morgan fingerprint density at radius 1 is 1.59 bits per heavy atom. The average molecular weight is 332 g/mol. The van der Waals surface area contributed by atoms with Crippen LogP contribution in [0.15, 0.2) is 15.9 Å². The second-order valence-corrected chi connectivity index (χ2v) is 6.11. The summed E-state index contributed by atoms with van der Waals surface area (Å²) in [4.78, 5) is 17.7. The van der Waals surface area contributed by atoms with Gasteiger partial charge in [-0.3, -0.25) is 0 Å². The van der Waals surface area contributed by atoms with Crippen molar-refractivity contribution in [2.45, 2.75) is 13.8 Å². The Morgan fingerprint density at radius 2 is 2.35 bits per heavy atom. The Morgan fingerprint density at radius 3 is 2.94 bits per heavy atom. The summed E-state index contributed by atoms with van der Waals surface area (Å²) < 4.78 is 6.02. The Hall–Kier alpha value is -0.720. The van der Waals surface area contributed by atoms with Gasteiger partial charge < -0.3 is 4.74 Å². The van der Waals surface area contributed by atoms with Gasteiger partial charge in [0.1, 0.15) is 9.88 Å². The second-order valence-electron chi connectivity index (χ2n) is 3.28. The zero-order chi connectivity index (χ0) is 12.4. The Balaban J connectivity index is 2.33. The van der Waals surface area contributed by atoms with Crippen LogP contribution in [0.4, 0.5) is 0 Å². The summed E-state index contributed by atoms with van der Waals surface area (Å²) in [6.45, 7) is 4.01. The lowest BCUT2D eigenvalue weighted by Gasteiger charge is -1.97. The molecule has 17 heavy (non-hydrogen) atoms. The molecule has 2 aromatic rings. The van der Waals surface area contributed by atoms with E-state index in [2.05, 4.69) is 20.9 Å². The van der Waals surface area contributed by atoms with Gasteiger partial charge in [0.2, 0.25) is 0 Å². The molecule has 0 amide bonds. The molecule has 0 unspecified atom stereocenters. The zero-order valence-corrected chi connectivity index (χ0v) is 12.5. The molecular weight excluding hydrogens is 322 g/mol. The third kappa shape index (κ3) is 2.75. The molecule has 0 N–H and O–H groups in total. The number of hydrogen-bond donors (Lipinski definition) is 0. The van der Waals surface area contributed by atoms with Gasteiger partial charge in [0.05, 0.1) is 17.2 Å². The van der Waals surface area contributed by atoms with Crippen LogP contribution in [-0.4, -0.2) is 17.6 Å². The number of halogens is 1. The van der Waals surface area contributed by atoms with Gasteiger partial charge in [-0.15, -0.1) is 22.7 Å². The van der Waals surface area contributed by atoms with Gasteiger partial charge in [-0.25, -0.2) is 9.78 Å². The second kappa shape index (κ2) is 5.29. The van der Waals surface area contributed by atoms with Crippen molar-refractivity contribution in [2.75, 3.05) is 6.61 Å². The number of aryl methyl sites for hydroxylation is 1. The number of nitrogens with zero attached hydrogens (tertiary/aromatic N) is 1. The van der Waals surface area contributed by atoms with Crippen LogP contribution in [0.2, 0.25) is 0 Å². The fraction of sp³-hybridized carbons (Fsp3) is 0.273. The molecule has 0 fully saturated rings. The predicted octanol–water partition coefficient (Wildman–Crippen LogP) is 4.12. The highest BCUT2D eigenvalue weighted by molar-refractivity contribution is 9.10. The number of thiophene rings is 1. The average Bonchev–Trinajstić information content (AvgIpc) is 2.85. The van der Waals surface area contributed by atoms with E-state index in [1.807, 2.05) is 18.4 Å². The van der Waals surface area contributed by atoms with Crippen molar-refractivity contribution in [1.29, 1.82) is 0 Å². The minimum atomic E-state index is -0.288. The third-order valence-corrected chi connectivity index (χ3v) is 5.03. The molecule has 6 heteroatoms. The molecule has 0 aliphatic rings. The molecule has 0 aromatic carbocycles. The molecule has 2 aromatic heterocycles. The largest absolute Gasteiger partial charge is 0.462 e. The molecule has 2 heterocycles. The lowest BCUT2D eigenvalue weighted by molar-refractivity contribution is 0.0531. The van der Waals surface area contributed by atoms with Gasteiger partial charge in [0, 0.05) is 9.85 Å². The standard InChI is InChI=1S/C11H10BrNO2S2/c1-3-15-11(14)9-6(2)13-10(17-9)8-4-7(12)5-16-8/h4-5H,3H2,1-2H3. The van der Waals surface area contributed by atoms with Crippen molar-refractivity contribution in [3.63, 3.8) is 0 Å². The van der Waals surface area contributed by atoms with Crippen LogP contribution in [-0.2, 0) is 4.74 Å². The number of aromatic nitrogens is 1. The highest BCUT2D eigenvalue weighted by Gasteiger charge is 2.17. The summed E-state index contributed by atoms with van der Waals surface area (Å²) in [7, 11) is 0. The molecule has 0 saturated heterocycles. The number of rotatable bonds is 3. The number of carbonyl (C=O) groups excluding carboxylic acids is 1. The van der Waals surface area contributed by atoms with E-state index in [-0.39, 0.29) is 5.97 Å². The van der Waals surface area contributed by atoms with E-state index < -0.39 is 0 Å². The van der Waals surface area contributed by atoms with E-state index in [1.165, 1.54) is 11.3 Å². The van der Waals surface area contributed by atoms with Gasteiger partial charge in [0.25, 0.3) is 0 Å². The quantitative estimate of drug-likeness (QED) is 0.794. The number of hydrogen-bond acceptors (Lipinski definition) is 5. The highest BCUT2D eigenvalue weighted by Crippen LogP contribution is 2.34. The molecule has 0 radical (unpaired) electrons. The Kier molecular flexibility index (Phi) is 3.96. The number of thiazole rings is 1. The number of ether oxygens (including phenoxy) is 1. The molecule has 0 aliphatic carbocycles. The minimum absolute atomic E-state index is 0.288. The first-order chi connectivity index (χ1) is 8.11. The molecule has 0 atom stereocenters. The smallest absolute Gasteiger partial charge is 0.350 e. The molecule has 2 rings (SSSR count). The van der Waals surface area contributed by atoms with Crippen LogP contribution >= 0.6 is 38.6 Å². The molecule has 90 valence electrons. The first-order valence-corrected chi connectivity index (χ1v) is 7.49. The lowest BCUT2D eigenvalue weighted by atomic mass is 10.4. The fourth-order valence-electron chi connectivity index (χ4n) is 1.31.